The zero-order chi connectivity index (χ0) is 6.57. The van der Waals surface area contributed by atoms with E-state index in [0.29, 0.717) is 0 Å². The van der Waals surface area contributed by atoms with Crippen LogP contribution in [-0.2, 0) is 4.79 Å². The van der Waals surface area contributed by atoms with E-state index >= 15 is 0 Å². The van der Waals surface area contributed by atoms with Crippen molar-refractivity contribution in [3.8, 4) is 0 Å². The minimum Gasteiger partial charge on any atom is -0.276 e. The van der Waals surface area contributed by atoms with Crippen molar-refractivity contribution in [3.05, 3.63) is 12.2 Å². The Morgan fingerprint density at radius 1 is 1.75 bits per heavy atom. The molecule has 0 aromatic carbocycles. The number of carbonyl (C=O) groups is 1. The topological polar surface area (TPSA) is 17.1 Å². The third kappa shape index (κ3) is 5.99. The van der Waals surface area contributed by atoms with Crippen molar-refractivity contribution in [2.24, 2.45) is 0 Å². The molecule has 0 rings (SSSR count). The molecular formula is C5H6Cl2O. The molecule has 0 aliphatic carbocycles. The maximum atomic E-state index is 9.97. The van der Waals surface area contributed by atoms with Gasteiger partial charge in [-0.1, -0.05) is 6.08 Å². The van der Waals surface area contributed by atoms with Crippen LogP contribution in [0.3, 0.4) is 0 Å². The Morgan fingerprint density at radius 3 is 2.38 bits per heavy atom. The maximum Gasteiger partial charge on any atom is 0.244 e. The average Bonchev–Trinajstić information content (AvgIpc) is 1.61. The summed E-state index contributed by atoms with van der Waals surface area (Å²) in [6.45, 7) is 1.75. The molecule has 1 unspecified atom stereocenters. The Hall–Kier alpha value is -0.0100. The van der Waals surface area contributed by atoms with E-state index < -0.39 is 5.24 Å². The lowest BCUT2D eigenvalue weighted by Gasteiger charge is -1.85. The molecule has 0 aliphatic rings. The van der Waals surface area contributed by atoms with E-state index in [2.05, 4.69) is 0 Å². The predicted molar refractivity (Wildman–Crippen MR) is 35.3 cm³/mol. The van der Waals surface area contributed by atoms with Gasteiger partial charge in [-0.3, -0.25) is 4.79 Å². The van der Waals surface area contributed by atoms with Gasteiger partial charge in [0.2, 0.25) is 5.24 Å². The first-order chi connectivity index (χ1) is 3.63. The predicted octanol–water partition coefficient (Wildman–Crippen LogP) is 1.94. The van der Waals surface area contributed by atoms with Crippen molar-refractivity contribution in [3.63, 3.8) is 0 Å². The van der Waals surface area contributed by atoms with Crippen LogP contribution in [0.25, 0.3) is 0 Å². The van der Waals surface area contributed by atoms with Gasteiger partial charge in [0.15, 0.2) is 0 Å². The second kappa shape index (κ2) is 3.93. The van der Waals surface area contributed by atoms with Gasteiger partial charge in [-0.25, -0.2) is 0 Å². The second-order valence-electron chi connectivity index (χ2n) is 1.34. The Morgan fingerprint density at radius 2 is 2.25 bits per heavy atom. The summed E-state index contributed by atoms with van der Waals surface area (Å²) in [4.78, 5) is 9.97. The van der Waals surface area contributed by atoms with Gasteiger partial charge in [0, 0.05) is 5.38 Å². The van der Waals surface area contributed by atoms with E-state index in [1.54, 1.807) is 6.92 Å². The highest BCUT2D eigenvalue weighted by atomic mass is 35.5. The van der Waals surface area contributed by atoms with Gasteiger partial charge in [0.1, 0.15) is 0 Å². The Bertz CT molecular complexity index is 107. The van der Waals surface area contributed by atoms with Crippen molar-refractivity contribution in [2.45, 2.75) is 12.3 Å². The summed E-state index contributed by atoms with van der Waals surface area (Å²) < 4.78 is 0. The highest BCUT2D eigenvalue weighted by Crippen LogP contribution is 1.95. The average molecular weight is 153 g/mol. The van der Waals surface area contributed by atoms with Gasteiger partial charge < -0.3 is 0 Å². The standard InChI is InChI=1S/C5H6Cl2O/c1-4(6)2-3-5(7)8/h2-4H,1H3. The van der Waals surface area contributed by atoms with Crippen molar-refractivity contribution >= 4 is 28.4 Å². The van der Waals surface area contributed by atoms with Crippen molar-refractivity contribution in [2.75, 3.05) is 0 Å². The number of hydrogen-bond donors (Lipinski definition) is 0. The Labute approximate surface area is 58.3 Å². The van der Waals surface area contributed by atoms with Crippen molar-refractivity contribution in [1.29, 1.82) is 0 Å². The largest absolute Gasteiger partial charge is 0.276 e. The van der Waals surface area contributed by atoms with Crippen LogP contribution >= 0.6 is 23.2 Å². The first kappa shape index (κ1) is 7.99. The van der Waals surface area contributed by atoms with Gasteiger partial charge in [-0.05, 0) is 24.6 Å². The molecule has 0 aromatic heterocycles. The summed E-state index contributed by atoms with van der Waals surface area (Å²) in [6, 6.07) is 0. The quantitative estimate of drug-likeness (QED) is 0.336. The highest BCUT2D eigenvalue weighted by molar-refractivity contribution is 6.66. The number of alkyl halides is 1. The summed E-state index contributed by atoms with van der Waals surface area (Å²) in [6.07, 6.45) is 2.76. The minimum atomic E-state index is -0.488. The van der Waals surface area contributed by atoms with Crippen LogP contribution in [0.5, 0.6) is 0 Å². The molecule has 0 heterocycles. The lowest BCUT2D eigenvalue weighted by atomic mass is 10.4. The summed E-state index contributed by atoms with van der Waals surface area (Å²) in [5.41, 5.74) is 0. The van der Waals surface area contributed by atoms with Crippen LogP contribution in [0.2, 0.25) is 0 Å². The Balaban J connectivity index is 3.50. The lowest BCUT2D eigenvalue weighted by Crippen LogP contribution is -1.83. The third-order valence-corrected chi connectivity index (χ3v) is 0.764. The maximum absolute atomic E-state index is 9.97. The van der Waals surface area contributed by atoms with E-state index in [1.165, 1.54) is 12.2 Å². The van der Waals surface area contributed by atoms with E-state index in [9.17, 15) is 4.79 Å². The number of rotatable bonds is 2. The summed E-state index contributed by atoms with van der Waals surface area (Å²) in [5.74, 6) is 0. The molecule has 0 amide bonds. The molecular weight excluding hydrogens is 147 g/mol. The molecule has 3 heteroatoms. The summed E-state index contributed by atoms with van der Waals surface area (Å²) in [7, 11) is 0. The minimum absolute atomic E-state index is 0.127. The fraction of sp³-hybridized carbons (Fsp3) is 0.400. The highest BCUT2D eigenvalue weighted by Gasteiger charge is 1.88. The molecule has 0 saturated heterocycles. The van der Waals surface area contributed by atoms with E-state index in [4.69, 9.17) is 23.2 Å². The number of hydrogen-bond acceptors (Lipinski definition) is 1. The fourth-order valence-corrected chi connectivity index (χ4v) is 0.354. The lowest BCUT2D eigenvalue weighted by molar-refractivity contribution is -0.107. The van der Waals surface area contributed by atoms with Crippen LogP contribution in [0.15, 0.2) is 12.2 Å². The second-order valence-corrected chi connectivity index (χ2v) is 2.40. The molecule has 0 saturated carbocycles. The molecule has 0 N–H and O–H groups in total. The summed E-state index contributed by atoms with van der Waals surface area (Å²) >= 11 is 10.4. The van der Waals surface area contributed by atoms with Crippen LogP contribution in [0.1, 0.15) is 6.92 Å². The van der Waals surface area contributed by atoms with Gasteiger partial charge >= 0.3 is 0 Å². The molecule has 1 nitrogen and oxygen atoms in total. The molecule has 0 aliphatic heterocycles. The van der Waals surface area contributed by atoms with Crippen LogP contribution in [-0.4, -0.2) is 10.6 Å². The van der Waals surface area contributed by atoms with Gasteiger partial charge in [0.25, 0.3) is 0 Å². The number of carbonyl (C=O) groups excluding carboxylic acids is 1. The molecule has 0 aromatic rings. The van der Waals surface area contributed by atoms with Crippen LogP contribution in [0.4, 0.5) is 0 Å². The Kier molecular flexibility index (Phi) is 3.92. The molecule has 0 fully saturated rings. The molecule has 46 valence electrons. The first-order valence-electron chi connectivity index (χ1n) is 2.14. The molecule has 0 spiro atoms. The fourth-order valence-electron chi connectivity index (χ4n) is 0.208. The number of halogens is 2. The monoisotopic (exact) mass is 152 g/mol. The smallest absolute Gasteiger partial charge is 0.244 e. The molecule has 1 atom stereocenters. The zero-order valence-electron chi connectivity index (χ0n) is 4.40. The normalized spacial score (nSPS) is 14.4. The van der Waals surface area contributed by atoms with E-state index in [0.717, 1.165) is 0 Å². The van der Waals surface area contributed by atoms with E-state index in [-0.39, 0.29) is 5.38 Å². The molecule has 8 heavy (non-hydrogen) atoms. The van der Waals surface area contributed by atoms with Crippen molar-refractivity contribution in [1.82, 2.24) is 0 Å². The van der Waals surface area contributed by atoms with Gasteiger partial charge in [0.05, 0.1) is 0 Å². The van der Waals surface area contributed by atoms with Crippen molar-refractivity contribution < 1.29 is 4.79 Å². The summed E-state index contributed by atoms with van der Waals surface area (Å²) in [5, 5.41) is -0.616. The van der Waals surface area contributed by atoms with Gasteiger partial charge in [-0.2, -0.15) is 0 Å². The SMILES string of the molecule is CC(Cl)C=CC(=O)Cl. The zero-order valence-corrected chi connectivity index (χ0v) is 5.91. The first-order valence-corrected chi connectivity index (χ1v) is 2.96. The molecule has 0 radical (unpaired) electrons. The number of allylic oxidation sites excluding steroid dienone is 2. The van der Waals surface area contributed by atoms with Crippen LogP contribution in [0, 0.1) is 0 Å². The van der Waals surface area contributed by atoms with Gasteiger partial charge in [-0.15, -0.1) is 11.6 Å². The van der Waals surface area contributed by atoms with E-state index in [1.807, 2.05) is 0 Å². The third-order valence-electron chi connectivity index (χ3n) is 0.492. The van der Waals surface area contributed by atoms with Crippen LogP contribution < -0.4 is 0 Å². The molecule has 0 bridgehead atoms.